The van der Waals surface area contributed by atoms with Crippen LogP contribution in [0.5, 0.6) is 0 Å². The highest BCUT2D eigenvalue weighted by Gasteiger charge is 2.37. The number of nitrogens with one attached hydrogen (secondary N) is 1. The minimum absolute atomic E-state index is 0.0155. The lowest BCUT2D eigenvalue weighted by molar-refractivity contribution is -0.143. The molecular weight excluding hydrogens is 358 g/mol. The van der Waals surface area contributed by atoms with Crippen LogP contribution in [0.3, 0.4) is 0 Å². The monoisotopic (exact) mass is 368 g/mol. The van der Waals surface area contributed by atoms with Crippen LogP contribution in [0.25, 0.3) is 11.4 Å². The second kappa shape index (κ2) is 6.31. The van der Waals surface area contributed by atoms with Crippen LogP contribution in [0.1, 0.15) is 24.1 Å². The first-order valence-electron chi connectivity index (χ1n) is 6.53. The van der Waals surface area contributed by atoms with Gasteiger partial charge in [0.25, 0.3) is 5.91 Å². The molecule has 2 aromatic rings. The average molecular weight is 368 g/mol. The predicted molar refractivity (Wildman–Crippen MR) is 70.3 cm³/mol. The van der Waals surface area contributed by atoms with Crippen molar-refractivity contribution in [3.63, 3.8) is 0 Å². The standard InChI is InChI=1S/C12H10F6N6O/c1-5(10(25)20-19)24-22-9(21-23-24)6-2-7(11(13,14)15)4-8(3-6)12(16,17)18/h2-5H,19H2,1H3,(H,20,25)/t5-/m0/s1. The summed E-state index contributed by atoms with van der Waals surface area (Å²) >= 11 is 0. The molecule has 7 nitrogen and oxygen atoms in total. The summed E-state index contributed by atoms with van der Waals surface area (Å²) in [5, 5.41) is 10.5. The molecule has 0 fully saturated rings. The van der Waals surface area contributed by atoms with Gasteiger partial charge in [0, 0.05) is 5.56 Å². The second-order valence-corrected chi connectivity index (χ2v) is 4.91. The van der Waals surface area contributed by atoms with Crippen molar-refractivity contribution in [2.24, 2.45) is 5.84 Å². The molecule has 1 aromatic carbocycles. The van der Waals surface area contributed by atoms with Crippen LogP contribution >= 0.6 is 0 Å². The van der Waals surface area contributed by atoms with Crippen LogP contribution in [0.15, 0.2) is 18.2 Å². The Morgan fingerprint density at radius 3 is 2.08 bits per heavy atom. The maximum Gasteiger partial charge on any atom is 0.416 e. The summed E-state index contributed by atoms with van der Waals surface area (Å²) in [5.41, 5.74) is -1.77. The Morgan fingerprint density at radius 2 is 1.64 bits per heavy atom. The molecule has 25 heavy (non-hydrogen) atoms. The fraction of sp³-hybridized carbons (Fsp3) is 0.333. The minimum Gasteiger partial charge on any atom is -0.292 e. The molecule has 1 aromatic heterocycles. The smallest absolute Gasteiger partial charge is 0.292 e. The summed E-state index contributed by atoms with van der Waals surface area (Å²) in [5.74, 6) is 3.69. The molecule has 0 saturated carbocycles. The zero-order valence-electron chi connectivity index (χ0n) is 12.4. The molecule has 0 spiro atoms. The van der Waals surface area contributed by atoms with Crippen molar-refractivity contribution in [3.8, 4) is 11.4 Å². The van der Waals surface area contributed by atoms with Crippen LogP contribution in [0, 0.1) is 0 Å². The van der Waals surface area contributed by atoms with Gasteiger partial charge in [-0.2, -0.15) is 31.1 Å². The molecule has 13 heteroatoms. The maximum absolute atomic E-state index is 12.8. The van der Waals surface area contributed by atoms with Gasteiger partial charge in [0.2, 0.25) is 5.82 Å². The summed E-state index contributed by atoms with van der Waals surface area (Å²) in [6, 6.07) is -0.161. The van der Waals surface area contributed by atoms with Gasteiger partial charge in [0.05, 0.1) is 11.1 Å². The molecule has 1 amide bonds. The number of halogens is 6. The lowest BCUT2D eigenvalue weighted by Crippen LogP contribution is -2.36. The highest BCUT2D eigenvalue weighted by molar-refractivity contribution is 5.78. The van der Waals surface area contributed by atoms with Gasteiger partial charge in [-0.05, 0) is 30.3 Å². The van der Waals surface area contributed by atoms with E-state index in [0.29, 0.717) is 16.9 Å². The van der Waals surface area contributed by atoms with E-state index in [-0.39, 0.29) is 6.07 Å². The largest absolute Gasteiger partial charge is 0.416 e. The molecule has 0 radical (unpaired) electrons. The van der Waals surface area contributed by atoms with E-state index in [9.17, 15) is 31.1 Å². The number of rotatable bonds is 3. The number of aromatic nitrogens is 4. The van der Waals surface area contributed by atoms with E-state index in [1.165, 1.54) is 6.92 Å². The van der Waals surface area contributed by atoms with Crippen molar-refractivity contribution >= 4 is 5.91 Å². The average Bonchev–Trinajstić information content (AvgIpc) is 3.01. The fourth-order valence-corrected chi connectivity index (χ4v) is 1.81. The number of alkyl halides is 6. The molecular formula is C12H10F6N6O. The minimum atomic E-state index is -5.00. The number of benzene rings is 1. The Kier molecular flexibility index (Phi) is 4.70. The number of amides is 1. The van der Waals surface area contributed by atoms with Crippen molar-refractivity contribution in [1.82, 2.24) is 25.6 Å². The summed E-state index contributed by atoms with van der Waals surface area (Å²) in [7, 11) is 0. The van der Waals surface area contributed by atoms with Crippen molar-refractivity contribution in [3.05, 3.63) is 29.3 Å². The Hall–Kier alpha value is -2.70. The fourth-order valence-electron chi connectivity index (χ4n) is 1.81. The van der Waals surface area contributed by atoms with Crippen LogP contribution in [0.4, 0.5) is 26.3 Å². The first kappa shape index (κ1) is 18.6. The molecule has 0 unspecified atom stereocenters. The predicted octanol–water partition coefficient (Wildman–Crippen LogP) is 1.93. The number of nitrogens with zero attached hydrogens (tertiary/aromatic N) is 4. The molecule has 0 saturated heterocycles. The van der Waals surface area contributed by atoms with Gasteiger partial charge in [0.15, 0.2) is 6.04 Å². The lowest BCUT2D eigenvalue weighted by atomic mass is 10.0. The Balaban J connectivity index is 2.52. The molecule has 0 aliphatic carbocycles. The van der Waals surface area contributed by atoms with E-state index in [2.05, 4.69) is 15.4 Å². The lowest BCUT2D eigenvalue weighted by Gasteiger charge is -2.13. The zero-order chi connectivity index (χ0) is 19.0. The number of carbonyl (C=O) groups is 1. The van der Waals surface area contributed by atoms with E-state index in [1.807, 2.05) is 0 Å². The quantitative estimate of drug-likeness (QED) is 0.373. The van der Waals surface area contributed by atoms with Gasteiger partial charge in [-0.15, -0.1) is 10.2 Å². The van der Waals surface area contributed by atoms with Crippen molar-refractivity contribution < 1.29 is 31.1 Å². The number of tetrazole rings is 1. The summed E-state index contributed by atoms with van der Waals surface area (Å²) < 4.78 is 77.0. The zero-order valence-corrected chi connectivity index (χ0v) is 12.4. The maximum atomic E-state index is 12.8. The highest BCUT2D eigenvalue weighted by atomic mass is 19.4. The third kappa shape index (κ3) is 4.04. The molecule has 0 bridgehead atoms. The SMILES string of the molecule is C[C@@H](C(=O)NN)n1nnc(-c2cc(C(F)(F)F)cc(C(F)(F)F)c2)n1. The molecule has 3 N–H and O–H groups in total. The van der Waals surface area contributed by atoms with Gasteiger partial charge < -0.3 is 0 Å². The number of hydrogen-bond acceptors (Lipinski definition) is 5. The first-order valence-corrected chi connectivity index (χ1v) is 6.53. The number of hydrogen-bond donors (Lipinski definition) is 2. The van der Waals surface area contributed by atoms with Gasteiger partial charge in [0.1, 0.15) is 0 Å². The topological polar surface area (TPSA) is 98.7 Å². The van der Waals surface area contributed by atoms with Crippen molar-refractivity contribution in [1.29, 1.82) is 0 Å². The molecule has 0 aliphatic rings. The van der Waals surface area contributed by atoms with Gasteiger partial charge in [-0.1, -0.05) is 0 Å². The van der Waals surface area contributed by atoms with E-state index < -0.39 is 46.8 Å². The second-order valence-electron chi connectivity index (χ2n) is 4.91. The van der Waals surface area contributed by atoms with Gasteiger partial charge >= 0.3 is 12.4 Å². The third-order valence-corrected chi connectivity index (χ3v) is 3.14. The number of nitrogens with two attached hydrogens (primary N) is 1. The third-order valence-electron chi connectivity index (χ3n) is 3.14. The molecule has 1 atom stereocenters. The van der Waals surface area contributed by atoms with Crippen molar-refractivity contribution in [2.75, 3.05) is 0 Å². The van der Waals surface area contributed by atoms with Gasteiger partial charge in [-0.3, -0.25) is 10.2 Å². The molecule has 2 rings (SSSR count). The Labute approximate surface area is 135 Å². The molecule has 136 valence electrons. The van der Waals surface area contributed by atoms with Crippen LogP contribution < -0.4 is 11.3 Å². The van der Waals surface area contributed by atoms with E-state index in [4.69, 9.17) is 5.84 Å². The van der Waals surface area contributed by atoms with Crippen LogP contribution in [-0.4, -0.2) is 26.1 Å². The molecule has 0 aliphatic heterocycles. The van der Waals surface area contributed by atoms with E-state index >= 15 is 0 Å². The Morgan fingerprint density at radius 1 is 1.12 bits per heavy atom. The normalized spacial score (nSPS) is 13.6. The van der Waals surface area contributed by atoms with Crippen molar-refractivity contribution in [2.45, 2.75) is 25.3 Å². The number of carbonyl (C=O) groups excluding carboxylic acids is 1. The Bertz CT molecular complexity index is 751. The van der Waals surface area contributed by atoms with Gasteiger partial charge in [-0.25, -0.2) is 5.84 Å². The van der Waals surface area contributed by atoms with E-state index in [1.54, 1.807) is 5.43 Å². The van der Waals surface area contributed by atoms with Crippen LogP contribution in [-0.2, 0) is 17.1 Å². The summed E-state index contributed by atoms with van der Waals surface area (Å²) in [6.07, 6.45) is -10.0. The summed E-state index contributed by atoms with van der Waals surface area (Å²) in [4.78, 5) is 12.1. The van der Waals surface area contributed by atoms with Crippen LogP contribution in [0.2, 0.25) is 0 Å². The number of hydrazine groups is 1. The van der Waals surface area contributed by atoms with E-state index in [0.717, 1.165) is 0 Å². The molecule has 1 heterocycles. The highest BCUT2D eigenvalue weighted by Crippen LogP contribution is 2.37. The first-order chi connectivity index (χ1) is 11.4. The summed E-state index contributed by atoms with van der Waals surface area (Å²) in [6.45, 7) is 1.31.